The molecule has 24 heavy (non-hydrogen) atoms. The fourth-order valence-corrected chi connectivity index (χ4v) is 2.88. The van der Waals surface area contributed by atoms with Gasteiger partial charge in [-0.1, -0.05) is 6.92 Å². The quantitative estimate of drug-likeness (QED) is 0.743. The lowest BCUT2D eigenvalue weighted by Gasteiger charge is -2.12. The van der Waals surface area contributed by atoms with Gasteiger partial charge in [-0.3, -0.25) is 4.79 Å². The van der Waals surface area contributed by atoms with E-state index in [1.54, 1.807) is 17.6 Å². The summed E-state index contributed by atoms with van der Waals surface area (Å²) < 4.78 is 37.0. The molecule has 0 aromatic carbocycles. The number of nitrogens with one attached hydrogen (secondary N) is 2. The highest BCUT2D eigenvalue weighted by atomic mass is 32.1. The zero-order chi connectivity index (χ0) is 17.3. The molecule has 2 N–H and O–H groups in total. The maximum Gasteiger partial charge on any atom is 0.389 e. The average Bonchev–Trinajstić information content (AvgIpc) is 3.13. The van der Waals surface area contributed by atoms with E-state index in [4.69, 9.17) is 0 Å². The van der Waals surface area contributed by atoms with Gasteiger partial charge in [-0.05, 0) is 6.07 Å². The molecule has 1 unspecified atom stereocenters. The first-order valence-electron chi connectivity index (χ1n) is 6.95. The van der Waals surface area contributed by atoms with Crippen molar-refractivity contribution in [2.24, 2.45) is 5.92 Å². The lowest BCUT2D eigenvalue weighted by Crippen LogP contribution is -2.25. The van der Waals surface area contributed by atoms with Crippen LogP contribution in [0, 0.1) is 5.92 Å². The molecule has 0 spiro atoms. The Kier molecular flexibility index (Phi) is 4.22. The van der Waals surface area contributed by atoms with E-state index in [0.29, 0.717) is 17.0 Å². The lowest BCUT2D eigenvalue weighted by atomic mass is 10.1. The molecule has 6 nitrogen and oxygen atoms in total. The summed E-state index contributed by atoms with van der Waals surface area (Å²) in [6.07, 6.45) is -2.45. The van der Waals surface area contributed by atoms with Gasteiger partial charge >= 0.3 is 6.18 Å². The molecule has 3 aromatic rings. The Balaban J connectivity index is 0.00000225. The van der Waals surface area contributed by atoms with Crippen molar-refractivity contribution in [3.8, 4) is 11.4 Å². The zero-order valence-corrected chi connectivity index (χ0v) is 13.2. The predicted molar refractivity (Wildman–Crippen MR) is 85.6 cm³/mol. The number of hydrogen-bond acceptors (Lipinski definition) is 5. The number of thiazole rings is 1. The summed E-state index contributed by atoms with van der Waals surface area (Å²) in [5, 5.41) is 5.09. The van der Waals surface area contributed by atoms with Gasteiger partial charge in [-0.2, -0.15) is 13.2 Å². The number of halogens is 3. The van der Waals surface area contributed by atoms with E-state index in [1.165, 1.54) is 13.3 Å². The van der Waals surface area contributed by atoms with E-state index in [9.17, 15) is 18.0 Å². The molecule has 0 saturated heterocycles. The molecule has 128 valence electrons. The van der Waals surface area contributed by atoms with Crippen LogP contribution in [0.15, 0.2) is 24.0 Å². The Hall–Kier alpha value is -2.49. The van der Waals surface area contributed by atoms with Crippen molar-refractivity contribution < 1.29 is 19.4 Å². The van der Waals surface area contributed by atoms with E-state index in [1.807, 2.05) is 0 Å². The van der Waals surface area contributed by atoms with Crippen molar-refractivity contribution in [1.82, 2.24) is 19.9 Å². The minimum absolute atomic E-state index is 0. The van der Waals surface area contributed by atoms with E-state index in [2.05, 4.69) is 25.3 Å². The molecule has 3 aromatic heterocycles. The molecule has 0 aliphatic heterocycles. The van der Waals surface area contributed by atoms with Crippen LogP contribution in [0.3, 0.4) is 0 Å². The van der Waals surface area contributed by atoms with E-state index < -0.39 is 24.4 Å². The smallest absolute Gasteiger partial charge is 0.346 e. The van der Waals surface area contributed by atoms with Crippen LogP contribution in [0.2, 0.25) is 0 Å². The van der Waals surface area contributed by atoms with Crippen molar-refractivity contribution >= 4 is 33.4 Å². The van der Waals surface area contributed by atoms with Gasteiger partial charge in [0, 0.05) is 24.3 Å². The molecule has 10 heteroatoms. The maximum absolute atomic E-state index is 12.3. The van der Waals surface area contributed by atoms with Crippen molar-refractivity contribution in [2.45, 2.75) is 19.5 Å². The lowest BCUT2D eigenvalue weighted by molar-refractivity contribution is -0.150. The van der Waals surface area contributed by atoms with Crippen LogP contribution < -0.4 is 5.32 Å². The zero-order valence-electron chi connectivity index (χ0n) is 12.4. The minimum atomic E-state index is -4.38. The van der Waals surface area contributed by atoms with Crippen molar-refractivity contribution in [1.29, 1.82) is 0 Å². The van der Waals surface area contributed by atoms with Gasteiger partial charge in [0.2, 0.25) is 5.91 Å². The standard InChI is InChI=1S/C14H12F3N5OS.H2/c1-7(4-14(15,16)17)12(23)22-13-21-9(5-24-13)10-8-2-3-18-11(8)20-6-19-10;/h2-3,5-7H,4H2,1H3,(H,18,19,20)(H,21,22,23);1H. The summed E-state index contributed by atoms with van der Waals surface area (Å²) in [4.78, 5) is 27.3. The van der Waals surface area contributed by atoms with Crippen LogP contribution in [-0.2, 0) is 4.79 Å². The number of H-pyrrole nitrogens is 1. The minimum Gasteiger partial charge on any atom is -0.346 e. The number of fused-ring (bicyclic) bond motifs is 1. The number of hydrogen-bond donors (Lipinski definition) is 2. The molecule has 1 amide bonds. The third-order valence-electron chi connectivity index (χ3n) is 3.32. The number of aromatic nitrogens is 4. The fourth-order valence-electron chi connectivity index (χ4n) is 2.18. The Labute approximate surface area is 139 Å². The second-order valence-electron chi connectivity index (χ2n) is 5.21. The molecular weight excluding hydrogens is 343 g/mol. The first-order chi connectivity index (χ1) is 11.3. The summed E-state index contributed by atoms with van der Waals surface area (Å²) >= 11 is 1.12. The van der Waals surface area contributed by atoms with Gasteiger partial charge in [0.1, 0.15) is 23.4 Å². The highest BCUT2D eigenvalue weighted by Gasteiger charge is 2.33. The summed E-state index contributed by atoms with van der Waals surface area (Å²) in [5.74, 6) is -1.91. The fraction of sp³-hybridized carbons (Fsp3) is 0.286. The summed E-state index contributed by atoms with van der Waals surface area (Å²) in [6, 6.07) is 1.80. The second kappa shape index (κ2) is 6.19. The monoisotopic (exact) mass is 357 g/mol. The first kappa shape index (κ1) is 16.4. The predicted octanol–water partition coefficient (Wildman–Crippen LogP) is 3.85. The number of carbonyl (C=O) groups is 1. The summed E-state index contributed by atoms with van der Waals surface area (Å²) in [6.45, 7) is 1.23. The van der Waals surface area contributed by atoms with Crippen LogP contribution in [0.4, 0.5) is 18.3 Å². The molecule has 0 bridgehead atoms. The van der Waals surface area contributed by atoms with Crippen LogP contribution in [0.1, 0.15) is 14.8 Å². The van der Waals surface area contributed by atoms with Crippen LogP contribution in [-0.4, -0.2) is 32.0 Å². The molecule has 0 fully saturated rings. The number of carbonyl (C=O) groups excluding carboxylic acids is 1. The normalized spacial score (nSPS) is 13.2. The van der Waals surface area contributed by atoms with E-state index >= 15 is 0 Å². The molecular formula is C14H14F3N5OS. The molecule has 1 atom stereocenters. The van der Waals surface area contributed by atoms with E-state index in [0.717, 1.165) is 16.7 Å². The van der Waals surface area contributed by atoms with Crippen molar-refractivity contribution in [2.75, 3.05) is 5.32 Å². The van der Waals surface area contributed by atoms with Gasteiger partial charge in [0.25, 0.3) is 0 Å². The molecule has 0 saturated carbocycles. The number of aromatic amines is 1. The van der Waals surface area contributed by atoms with Gasteiger partial charge in [0.05, 0.1) is 6.42 Å². The van der Waals surface area contributed by atoms with E-state index in [-0.39, 0.29) is 6.56 Å². The third-order valence-corrected chi connectivity index (χ3v) is 4.07. The molecule has 3 rings (SSSR count). The van der Waals surface area contributed by atoms with Crippen LogP contribution in [0.25, 0.3) is 22.4 Å². The van der Waals surface area contributed by atoms with Crippen LogP contribution >= 0.6 is 11.3 Å². The highest BCUT2D eigenvalue weighted by Crippen LogP contribution is 2.29. The Morgan fingerprint density at radius 2 is 2.25 bits per heavy atom. The van der Waals surface area contributed by atoms with Gasteiger partial charge in [-0.15, -0.1) is 11.3 Å². The third kappa shape index (κ3) is 3.53. The Morgan fingerprint density at radius 1 is 1.46 bits per heavy atom. The molecule has 0 aliphatic carbocycles. The maximum atomic E-state index is 12.3. The van der Waals surface area contributed by atoms with Gasteiger partial charge < -0.3 is 10.3 Å². The van der Waals surface area contributed by atoms with Crippen molar-refractivity contribution in [3.05, 3.63) is 24.0 Å². The highest BCUT2D eigenvalue weighted by molar-refractivity contribution is 7.14. The van der Waals surface area contributed by atoms with Crippen molar-refractivity contribution in [3.63, 3.8) is 0 Å². The topological polar surface area (TPSA) is 83.6 Å². The summed E-state index contributed by atoms with van der Waals surface area (Å²) in [7, 11) is 0. The summed E-state index contributed by atoms with van der Waals surface area (Å²) in [5.41, 5.74) is 1.75. The number of rotatable bonds is 4. The van der Waals surface area contributed by atoms with Crippen LogP contribution in [0.5, 0.6) is 0 Å². The number of amides is 1. The Morgan fingerprint density at radius 3 is 3.00 bits per heavy atom. The number of alkyl halides is 3. The average molecular weight is 357 g/mol. The molecule has 0 radical (unpaired) electrons. The van der Waals surface area contributed by atoms with Gasteiger partial charge in [0.15, 0.2) is 5.13 Å². The number of nitrogens with zero attached hydrogens (tertiary/aromatic N) is 3. The Bertz CT molecular complexity index is 879. The largest absolute Gasteiger partial charge is 0.389 e. The number of anilines is 1. The van der Waals surface area contributed by atoms with Gasteiger partial charge in [-0.25, -0.2) is 15.0 Å². The molecule has 0 aliphatic rings. The molecule has 3 heterocycles. The second-order valence-corrected chi connectivity index (χ2v) is 6.07. The first-order valence-corrected chi connectivity index (χ1v) is 7.83. The SMILES string of the molecule is CC(CC(F)(F)F)C(=O)Nc1nc(-c2ncnc3[nH]ccc23)cs1.[HH].